The molecule has 1 aromatic carbocycles. The zero-order chi connectivity index (χ0) is 10.6. The van der Waals surface area contributed by atoms with Gasteiger partial charge in [0.05, 0.1) is 21.5 Å². The van der Waals surface area contributed by atoms with Gasteiger partial charge in [0, 0.05) is 17.0 Å². The Balaban J connectivity index is 2.89. The van der Waals surface area contributed by atoms with Gasteiger partial charge < -0.3 is 0 Å². The van der Waals surface area contributed by atoms with Crippen molar-refractivity contribution >= 4 is 16.5 Å². The van der Waals surface area contributed by atoms with Gasteiger partial charge in [-0.2, -0.15) is 0 Å². The zero-order valence-corrected chi connectivity index (χ0v) is 7.99. The van der Waals surface area contributed by atoms with Crippen LogP contribution in [0.25, 0.3) is 0 Å². The van der Waals surface area contributed by atoms with E-state index in [0.717, 1.165) is 0 Å². The topological polar surface area (TPSA) is 60.2 Å². The van der Waals surface area contributed by atoms with Gasteiger partial charge in [0.2, 0.25) is 0 Å². The fourth-order valence-corrected chi connectivity index (χ4v) is 1.64. The van der Waals surface area contributed by atoms with Crippen molar-refractivity contribution in [3.63, 3.8) is 0 Å². The lowest BCUT2D eigenvalue weighted by atomic mass is 10.3. The second kappa shape index (κ2) is 4.53. The number of non-ortho nitro benzene ring substituents is 1. The van der Waals surface area contributed by atoms with E-state index in [1.165, 1.54) is 24.3 Å². The molecular formula is C9H7NO3S. The molecule has 0 bridgehead atoms. The highest BCUT2D eigenvalue weighted by Crippen LogP contribution is 2.14. The molecular weight excluding hydrogens is 202 g/mol. The van der Waals surface area contributed by atoms with Crippen molar-refractivity contribution in [3.05, 3.63) is 34.4 Å². The molecule has 1 aromatic rings. The number of nitro groups is 1. The minimum atomic E-state index is -1.26. The van der Waals surface area contributed by atoms with E-state index in [4.69, 9.17) is 6.42 Å². The Kier molecular flexibility index (Phi) is 3.37. The van der Waals surface area contributed by atoms with Gasteiger partial charge in [0.1, 0.15) is 0 Å². The van der Waals surface area contributed by atoms with Crippen molar-refractivity contribution < 1.29 is 9.13 Å². The minimum Gasteiger partial charge on any atom is -0.258 e. The fourth-order valence-electron chi connectivity index (χ4n) is 0.879. The van der Waals surface area contributed by atoms with Gasteiger partial charge in [0.15, 0.2) is 0 Å². The summed E-state index contributed by atoms with van der Waals surface area (Å²) in [5.41, 5.74) is -0.0218. The zero-order valence-electron chi connectivity index (χ0n) is 7.17. The molecule has 0 saturated heterocycles. The number of terminal acetylenes is 1. The highest BCUT2D eigenvalue weighted by atomic mass is 32.2. The average Bonchev–Trinajstić information content (AvgIpc) is 2.18. The Morgan fingerprint density at radius 1 is 1.43 bits per heavy atom. The highest BCUT2D eigenvalue weighted by Gasteiger charge is 2.06. The van der Waals surface area contributed by atoms with Gasteiger partial charge >= 0.3 is 0 Å². The van der Waals surface area contributed by atoms with Crippen LogP contribution in [0.1, 0.15) is 0 Å². The molecule has 0 spiro atoms. The molecule has 0 aliphatic rings. The molecule has 5 heteroatoms. The maximum atomic E-state index is 11.3. The van der Waals surface area contributed by atoms with Gasteiger partial charge in [-0.15, -0.1) is 6.42 Å². The number of nitro benzene ring substituents is 1. The maximum absolute atomic E-state index is 11.3. The average molecular weight is 209 g/mol. The first kappa shape index (κ1) is 10.4. The minimum absolute atomic E-state index is 0.0218. The van der Waals surface area contributed by atoms with Crippen molar-refractivity contribution in [1.82, 2.24) is 0 Å². The van der Waals surface area contributed by atoms with Crippen LogP contribution in [-0.2, 0) is 10.8 Å². The molecule has 0 N–H and O–H groups in total. The number of hydrogen-bond acceptors (Lipinski definition) is 3. The van der Waals surface area contributed by atoms with Crippen molar-refractivity contribution in [2.45, 2.75) is 4.90 Å². The second-order valence-corrected chi connectivity index (χ2v) is 3.90. The molecule has 1 rings (SSSR count). The lowest BCUT2D eigenvalue weighted by Gasteiger charge is -1.96. The smallest absolute Gasteiger partial charge is 0.258 e. The number of benzene rings is 1. The molecule has 0 aliphatic carbocycles. The molecule has 0 heterocycles. The number of hydrogen-bond donors (Lipinski definition) is 0. The molecule has 0 amide bonds. The first-order chi connectivity index (χ1) is 6.65. The predicted molar refractivity (Wildman–Crippen MR) is 53.2 cm³/mol. The maximum Gasteiger partial charge on any atom is 0.269 e. The number of rotatable bonds is 3. The van der Waals surface area contributed by atoms with E-state index in [0.29, 0.717) is 4.90 Å². The predicted octanol–water partition coefficient (Wildman–Crippen LogP) is 1.34. The second-order valence-electron chi connectivity index (χ2n) is 2.44. The van der Waals surface area contributed by atoms with Crippen LogP contribution in [0.4, 0.5) is 5.69 Å². The van der Waals surface area contributed by atoms with Crippen LogP contribution in [0.15, 0.2) is 29.2 Å². The Labute approximate surface area is 83.6 Å². The van der Waals surface area contributed by atoms with E-state index in [9.17, 15) is 14.3 Å². The van der Waals surface area contributed by atoms with Crippen LogP contribution in [0.5, 0.6) is 0 Å². The first-order valence-electron chi connectivity index (χ1n) is 3.71. The molecule has 72 valence electrons. The van der Waals surface area contributed by atoms with E-state index in [1.807, 2.05) is 0 Å². The van der Waals surface area contributed by atoms with E-state index < -0.39 is 15.7 Å². The Bertz CT molecular complexity index is 405. The highest BCUT2D eigenvalue weighted by molar-refractivity contribution is 7.85. The van der Waals surface area contributed by atoms with Crippen LogP contribution in [-0.4, -0.2) is 14.9 Å². The van der Waals surface area contributed by atoms with Crippen molar-refractivity contribution in [2.75, 3.05) is 5.75 Å². The summed E-state index contributed by atoms with van der Waals surface area (Å²) in [7, 11) is -1.26. The normalized spacial score (nSPS) is 11.6. The summed E-state index contributed by atoms with van der Waals surface area (Å²) < 4.78 is 11.3. The van der Waals surface area contributed by atoms with Crippen LogP contribution < -0.4 is 0 Å². The van der Waals surface area contributed by atoms with Gasteiger partial charge in [-0.25, -0.2) is 0 Å². The SMILES string of the molecule is C#CCS(=O)c1ccc([N+](=O)[O-])cc1. The van der Waals surface area contributed by atoms with Gasteiger partial charge in [-0.05, 0) is 12.1 Å². The summed E-state index contributed by atoms with van der Waals surface area (Å²) in [6.45, 7) is 0. The summed E-state index contributed by atoms with van der Waals surface area (Å²) >= 11 is 0. The first-order valence-corrected chi connectivity index (χ1v) is 5.03. The molecule has 0 saturated carbocycles. The van der Waals surface area contributed by atoms with Crippen LogP contribution in [0.3, 0.4) is 0 Å². The summed E-state index contributed by atoms with van der Waals surface area (Å²) in [5.74, 6) is 2.39. The largest absolute Gasteiger partial charge is 0.269 e. The van der Waals surface area contributed by atoms with E-state index >= 15 is 0 Å². The summed E-state index contributed by atoms with van der Waals surface area (Å²) in [4.78, 5) is 10.3. The fraction of sp³-hybridized carbons (Fsp3) is 0.111. The Morgan fingerprint density at radius 2 is 2.00 bits per heavy atom. The van der Waals surface area contributed by atoms with Crippen molar-refractivity contribution in [1.29, 1.82) is 0 Å². The third kappa shape index (κ3) is 2.41. The monoisotopic (exact) mass is 209 g/mol. The Morgan fingerprint density at radius 3 is 2.43 bits per heavy atom. The van der Waals surface area contributed by atoms with Crippen molar-refractivity contribution in [2.24, 2.45) is 0 Å². The molecule has 0 aromatic heterocycles. The van der Waals surface area contributed by atoms with Crippen LogP contribution >= 0.6 is 0 Å². The van der Waals surface area contributed by atoms with Gasteiger partial charge in [0.25, 0.3) is 5.69 Å². The van der Waals surface area contributed by atoms with E-state index in [1.54, 1.807) is 0 Å². The molecule has 1 atom stereocenters. The Hall–Kier alpha value is -1.67. The third-order valence-electron chi connectivity index (χ3n) is 1.52. The lowest BCUT2D eigenvalue weighted by Crippen LogP contribution is -1.95. The summed E-state index contributed by atoms with van der Waals surface area (Å²) in [5, 5.41) is 10.3. The van der Waals surface area contributed by atoms with Gasteiger partial charge in [-0.1, -0.05) is 5.92 Å². The summed E-state index contributed by atoms with van der Waals surface area (Å²) in [6, 6.07) is 5.52. The molecule has 0 radical (unpaired) electrons. The quantitative estimate of drug-likeness (QED) is 0.428. The van der Waals surface area contributed by atoms with Crippen LogP contribution in [0.2, 0.25) is 0 Å². The molecule has 4 nitrogen and oxygen atoms in total. The summed E-state index contributed by atoms with van der Waals surface area (Å²) in [6.07, 6.45) is 4.99. The van der Waals surface area contributed by atoms with E-state index in [2.05, 4.69) is 5.92 Å². The van der Waals surface area contributed by atoms with Crippen molar-refractivity contribution in [3.8, 4) is 12.3 Å². The molecule has 14 heavy (non-hydrogen) atoms. The molecule has 0 aliphatic heterocycles. The van der Waals surface area contributed by atoms with Gasteiger partial charge in [-0.3, -0.25) is 14.3 Å². The standard InChI is InChI=1S/C9H7NO3S/c1-2-7-14(13)9-5-3-8(4-6-9)10(11)12/h1,3-6H,7H2. The molecule has 1 unspecified atom stereocenters. The molecule has 0 fully saturated rings. The lowest BCUT2D eigenvalue weighted by molar-refractivity contribution is -0.384. The third-order valence-corrected chi connectivity index (χ3v) is 2.75. The van der Waals surface area contributed by atoms with E-state index in [-0.39, 0.29) is 11.4 Å². The number of nitrogens with zero attached hydrogens (tertiary/aromatic N) is 1. The van der Waals surface area contributed by atoms with Crippen LogP contribution in [0, 0.1) is 22.5 Å².